The fourth-order valence-corrected chi connectivity index (χ4v) is 3.37. The van der Waals surface area contributed by atoms with Gasteiger partial charge in [0.1, 0.15) is 6.10 Å². The zero-order valence-corrected chi connectivity index (χ0v) is 17.1. The zero-order valence-electron chi connectivity index (χ0n) is 17.1. The Bertz CT molecular complexity index is 851. The van der Waals surface area contributed by atoms with Crippen LogP contribution in [0.4, 0.5) is 10.5 Å². The van der Waals surface area contributed by atoms with Crippen LogP contribution in [0.25, 0.3) is 0 Å². The molecular weight excluding hydrogens is 368 g/mol. The standard InChI is InChI=1S/C22H28N4O3/c1-16-6-4-5-7-19(16)20-15-26(12-13-29-20)21(23-2)24-14-17-8-10-18(11-9-17)25-22(27)28-3/h4-11,20H,12-15H2,1-3H3,(H,23,24)(H,25,27). The van der Waals surface area contributed by atoms with Crippen LogP contribution in [-0.2, 0) is 16.0 Å². The van der Waals surface area contributed by atoms with E-state index in [1.54, 1.807) is 7.05 Å². The number of hydrogen-bond donors (Lipinski definition) is 2. The highest BCUT2D eigenvalue weighted by Gasteiger charge is 2.25. The lowest BCUT2D eigenvalue weighted by molar-refractivity contribution is -0.00833. The largest absolute Gasteiger partial charge is 0.453 e. The Kier molecular flexibility index (Phi) is 7.08. The lowest BCUT2D eigenvalue weighted by atomic mass is 10.0. The molecule has 1 heterocycles. The van der Waals surface area contributed by atoms with Gasteiger partial charge in [0.2, 0.25) is 0 Å². The monoisotopic (exact) mass is 396 g/mol. The number of hydrogen-bond acceptors (Lipinski definition) is 4. The molecule has 2 aromatic rings. The molecule has 1 amide bonds. The number of methoxy groups -OCH3 is 1. The summed E-state index contributed by atoms with van der Waals surface area (Å²) in [5, 5.41) is 6.07. The van der Waals surface area contributed by atoms with E-state index >= 15 is 0 Å². The quantitative estimate of drug-likeness (QED) is 0.613. The number of guanidine groups is 1. The molecule has 0 saturated carbocycles. The van der Waals surface area contributed by atoms with Crippen molar-refractivity contribution in [1.82, 2.24) is 10.2 Å². The first-order chi connectivity index (χ1) is 14.1. The normalized spacial score (nSPS) is 17.0. The molecule has 7 heteroatoms. The first kappa shape index (κ1) is 20.7. The molecule has 2 N–H and O–H groups in total. The second-order valence-corrected chi connectivity index (χ2v) is 6.88. The maximum atomic E-state index is 11.3. The first-order valence-corrected chi connectivity index (χ1v) is 9.67. The molecule has 29 heavy (non-hydrogen) atoms. The maximum Gasteiger partial charge on any atom is 0.411 e. The molecule has 1 aliphatic rings. The minimum absolute atomic E-state index is 0.0344. The molecule has 1 aliphatic heterocycles. The van der Waals surface area contributed by atoms with E-state index in [1.165, 1.54) is 18.2 Å². The van der Waals surface area contributed by atoms with Crippen LogP contribution in [0.3, 0.4) is 0 Å². The van der Waals surface area contributed by atoms with Gasteiger partial charge in [-0.3, -0.25) is 10.3 Å². The average molecular weight is 396 g/mol. The minimum atomic E-state index is -0.480. The van der Waals surface area contributed by atoms with Crippen molar-refractivity contribution in [3.63, 3.8) is 0 Å². The fraction of sp³-hybridized carbons (Fsp3) is 0.364. The summed E-state index contributed by atoms with van der Waals surface area (Å²) in [6.07, 6.45) is -0.445. The van der Waals surface area contributed by atoms with Crippen LogP contribution in [-0.4, -0.2) is 50.8 Å². The van der Waals surface area contributed by atoms with E-state index in [-0.39, 0.29) is 6.10 Å². The number of benzene rings is 2. The molecule has 0 spiro atoms. The van der Waals surface area contributed by atoms with Crippen molar-refractivity contribution in [3.05, 3.63) is 65.2 Å². The summed E-state index contributed by atoms with van der Waals surface area (Å²) in [7, 11) is 3.14. The van der Waals surface area contributed by atoms with Gasteiger partial charge in [-0.1, -0.05) is 36.4 Å². The van der Waals surface area contributed by atoms with E-state index in [0.717, 1.165) is 24.6 Å². The molecule has 0 radical (unpaired) electrons. The van der Waals surface area contributed by atoms with Crippen molar-refractivity contribution < 1.29 is 14.3 Å². The highest BCUT2D eigenvalue weighted by atomic mass is 16.5. The number of nitrogens with zero attached hydrogens (tertiary/aromatic N) is 2. The van der Waals surface area contributed by atoms with E-state index in [4.69, 9.17) is 4.74 Å². The number of aliphatic imine (C=N–C) groups is 1. The van der Waals surface area contributed by atoms with E-state index in [9.17, 15) is 4.79 Å². The molecule has 1 atom stereocenters. The third-order valence-corrected chi connectivity index (χ3v) is 4.95. The van der Waals surface area contributed by atoms with E-state index in [0.29, 0.717) is 18.8 Å². The molecule has 2 aromatic carbocycles. The summed E-state index contributed by atoms with van der Waals surface area (Å²) < 4.78 is 10.6. The average Bonchev–Trinajstić information content (AvgIpc) is 2.76. The zero-order chi connectivity index (χ0) is 20.6. The SMILES string of the molecule is CN=C(NCc1ccc(NC(=O)OC)cc1)N1CCOC(c2ccccc2C)C1. The topological polar surface area (TPSA) is 75.2 Å². The highest BCUT2D eigenvalue weighted by molar-refractivity contribution is 5.84. The fourth-order valence-electron chi connectivity index (χ4n) is 3.37. The number of morpholine rings is 1. The van der Waals surface area contributed by atoms with Gasteiger partial charge >= 0.3 is 6.09 Å². The number of nitrogens with one attached hydrogen (secondary N) is 2. The Morgan fingerprint density at radius 2 is 2.00 bits per heavy atom. The van der Waals surface area contributed by atoms with Crippen molar-refractivity contribution in [2.75, 3.05) is 39.2 Å². The Balaban J connectivity index is 1.58. The molecule has 3 rings (SSSR count). The molecule has 0 aromatic heterocycles. The molecule has 154 valence electrons. The Labute approximate surface area is 171 Å². The Hall–Kier alpha value is -3.06. The summed E-state index contributed by atoms with van der Waals surface area (Å²) in [6, 6.07) is 16.0. The summed E-state index contributed by atoms with van der Waals surface area (Å²) in [5.74, 6) is 0.851. The number of amides is 1. The van der Waals surface area contributed by atoms with Crippen molar-refractivity contribution in [2.45, 2.75) is 19.6 Å². The molecule has 1 saturated heterocycles. The first-order valence-electron chi connectivity index (χ1n) is 9.67. The van der Waals surface area contributed by atoms with Crippen LogP contribution in [0.15, 0.2) is 53.5 Å². The van der Waals surface area contributed by atoms with Gasteiger partial charge in [-0.15, -0.1) is 0 Å². The molecule has 1 fully saturated rings. The van der Waals surface area contributed by atoms with Gasteiger partial charge in [-0.25, -0.2) is 4.79 Å². The molecule has 1 unspecified atom stereocenters. The van der Waals surface area contributed by atoms with Gasteiger partial charge in [0.15, 0.2) is 5.96 Å². The van der Waals surface area contributed by atoms with E-state index < -0.39 is 6.09 Å². The number of carbonyl (C=O) groups excluding carboxylic acids is 1. The Morgan fingerprint density at radius 3 is 2.69 bits per heavy atom. The predicted molar refractivity (Wildman–Crippen MR) is 114 cm³/mol. The third-order valence-electron chi connectivity index (χ3n) is 4.95. The van der Waals surface area contributed by atoms with Crippen LogP contribution in [0.5, 0.6) is 0 Å². The van der Waals surface area contributed by atoms with Crippen LogP contribution in [0.1, 0.15) is 22.8 Å². The van der Waals surface area contributed by atoms with Gasteiger partial charge in [0.25, 0.3) is 0 Å². The van der Waals surface area contributed by atoms with Gasteiger partial charge in [-0.05, 0) is 35.7 Å². The number of ether oxygens (including phenoxy) is 2. The maximum absolute atomic E-state index is 11.3. The smallest absolute Gasteiger partial charge is 0.411 e. The number of anilines is 1. The summed E-state index contributed by atoms with van der Waals surface area (Å²) in [5.41, 5.74) is 4.24. The number of aryl methyl sites for hydroxylation is 1. The minimum Gasteiger partial charge on any atom is -0.453 e. The van der Waals surface area contributed by atoms with Crippen LogP contribution in [0, 0.1) is 6.92 Å². The highest BCUT2D eigenvalue weighted by Crippen LogP contribution is 2.25. The van der Waals surface area contributed by atoms with Gasteiger partial charge < -0.3 is 19.7 Å². The number of rotatable bonds is 4. The van der Waals surface area contributed by atoms with Gasteiger partial charge in [-0.2, -0.15) is 0 Å². The van der Waals surface area contributed by atoms with Gasteiger partial charge in [0, 0.05) is 25.8 Å². The van der Waals surface area contributed by atoms with Crippen molar-refractivity contribution in [3.8, 4) is 0 Å². The van der Waals surface area contributed by atoms with Crippen molar-refractivity contribution in [2.24, 2.45) is 4.99 Å². The Morgan fingerprint density at radius 1 is 1.24 bits per heavy atom. The van der Waals surface area contributed by atoms with E-state index in [2.05, 4.69) is 50.4 Å². The van der Waals surface area contributed by atoms with Gasteiger partial charge in [0.05, 0.1) is 20.3 Å². The van der Waals surface area contributed by atoms with Crippen LogP contribution in [0.2, 0.25) is 0 Å². The summed E-state index contributed by atoms with van der Waals surface area (Å²) in [4.78, 5) is 17.9. The predicted octanol–water partition coefficient (Wildman–Crippen LogP) is 3.32. The lowest BCUT2D eigenvalue weighted by Gasteiger charge is -2.35. The lowest BCUT2D eigenvalue weighted by Crippen LogP contribution is -2.48. The van der Waals surface area contributed by atoms with Crippen LogP contribution >= 0.6 is 0 Å². The summed E-state index contributed by atoms with van der Waals surface area (Å²) >= 11 is 0. The van der Waals surface area contributed by atoms with Crippen LogP contribution < -0.4 is 10.6 Å². The summed E-state index contributed by atoms with van der Waals surface area (Å²) in [6.45, 7) is 4.96. The molecular formula is C22H28N4O3. The molecule has 7 nitrogen and oxygen atoms in total. The van der Waals surface area contributed by atoms with Crippen molar-refractivity contribution >= 4 is 17.7 Å². The van der Waals surface area contributed by atoms with E-state index in [1.807, 2.05) is 30.3 Å². The second-order valence-electron chi connectivity index (χ2n) is 6.88. The second kappa shape index (κ2) is 9.93. The number of carbonyl (C=O) groups is 1. The molecule has 0 bridgehead atoms. The third kappa shape index (κ3) is 5.48. The molecule has 0 aliphatic carbocycles. The van der Waals surface area contributed by atoms with Crippen molar-refractivity contribution in [1.29, 1.82) is 0 Å².